The predicted molar refractivity (Wildman–Crippen MR) is 46.8 cm³/mol. The van der Waals surface area contributed by atoms with Gasteiger partial charge in [0.1, 0.15) is 0 Å². The van der Waals surface area contributed by atoms with Crippen molar-refractivity contribution in [1.29, 1.82) is 0 Å². The standard InChI is InChI=1S/C8H8BrFO2/c1-5-6(7(11)12)3-2-4-8(5,9)10/h2-5H,1H3,(H,11,12). The van der Waals surface area contributed by atoms with E-state index in [1.165, 1.54) is 25.2 Å². The summed E-state index contributed by atoms with van der Waals surface area (Å²) in [4.78, 5) is 10.6. The lowest BCUT2D eigenvalue weighted by atomic mass is 9.92. The van der Waals surface area contributed by atoms with Crippen LogP contribution in [-0.4, -0.2) is 15.7 Å². The van der Waals surface area contributed by atoms with Crippen LogP contribution in [0.1, 0.15) is 6.92 Å². The van der Waals surface area contributed by atoms with Gasteiger partial charge in [-0.1, -0.05) is 19.1 Å². The van der Waals surface area contributed by atoms with Gasteiger partial charge in [-0.25, -0.2) is 9.18 Å². The third kappa shape index (κ3) is 1.58. The number of halogens is 2. The van der Waals surface area contributed by atoms with E-state index in [-0.39, 0.29) is 5.57 Å². The molecule has 0 aromatic heterocycles. The van der Waals surface area contributed by atoms with Crippen molar-refractivity contribution < 1.29 is 14.3 Å². The molecule has 0 aliphatic heterocycles. The van der Waals surface area contributed by atoms with Gasteiger partial charge in [-0.05, 0) is 22.0 Å². The van der Waals surface area contributed by atoms with Crippen molar-refractivity contribution in [2.24, 2.45) is 5.92 Å². The summed E-state index contributed by atoms with van der Waals surface area (Å²) in [6.45, 7) is 1.53. The van der Waals surface area contributed by atoms with Crippen LogP contribution in [0.2, 0.25) is 0 Å². The molecule has 1 aliphatic rings. The number of aliphatic carboxylic acids is 1. The summed E-state index contributed by atoms with van der Waals surface area (Å²) >= 11 is 2.81. The highest BCUT2D eigenvalue weighted by atomic mass is 79.9. The molecule has 0 saturated carbocycles. The van der Waals surface area contributed by atoms with Gasteiger partial charge < -0.3 is 5.11 Å². The minimum Gasteiger partial charge on any atom is -0.478 e. The van der Waals surface area contributed by atoms with Crippen molar-refractivity contribution in [3.63, 3.8) is 0 Å². The van der Waals surface area contributed by atoms with Crippen molar-refractivity contribution in [3.05, 3.63) is 23.8 Å². The zero-order valence-electron chi connectivity index (χ0n) is 6.42. The van der Waals surface area contributed by atoms with E-state index in [2.05, 4.69) is 15.9 Å². The molecule has 12 heavy (non-hydrogen) atoms. The molecular weight excluding hydrogens is 227 g/mol. The van der Waals surface area contributed by atoms with Gasteiger partial charge in [0.2, 0.25) is 0 Å². The molecule has 0 heterocycles. The molecule has 1 aliphatic carbocycles. The van der Waals surface area contributed by atoms with E-state index in [0.29, 0.717) is 0 Å². The van der Waals surface area contributed by atoms with Crippen LogP contribution in [0.25, 0.3) is 0 Å². The molecule has 0 radical (unpaired) electrons. The maximum Gasteiger partial charge on any atom is 0.331 e. The number of carbonyl (C=O) groups is 1. The first-order valence-electron chi connectivity index (χ1n) is 3.45. The first-order chi connectivity index (χ1) is 5.45. The van der Waals surface area contributed by atoms with Crippen LogP contribution in [0.15, 0.2) is 23.8 Å². The SMILES string of the molecule is CC1C(C(=O)O)=CC=CC1(F)Br. The lowest BCUT2D eigenvalue weighted by Crippen LogP contribution is -2.28. The first kappa shape index (κ1) is 9.45. The Hall–Kier alpha value is -0.640. The van der Waals surface area contributed by atoms with Crippen molar-refractivity contribution in [2.75, 3.05) is 0 Å². The Kier molecular flexibility index (Phi) is 2.37. The van der Waals surface area contributed by atoms with Crippen LogP contribution < -0.4 is 0 Å². The van der Waals surface area contributed by atoms with E-state index in [0.717, 1.165) is 0 Å². The van der Waals surface area contributed by atoms with Crippen LogP contribution in [0.5, 0.6) is 0 Å². The minimum atomic E-state index is -1.73. The molecule has 2 nitrogen and oxygen atoms in total. The number of hydrogen-bond donors (Lipinski definition) is 1. The van der Waals surface area contributed by atoms with E-state index < -0.39 is 16.5 Å². The normalized spacial score (nSPS) is 34.6. The Morgan fingerprint density at radius 3 is 2.83 bits per heavy atom. The summed E-state index contributed by atoms with van der Waals surface area (Å²) in [6.07, 6.45) is 4.11. The van der Waals surface area contributed by atoms with Gasteiger partial charge in [0, 0.05) is 11.5 Å². The summed E-state index contributed by atoms with van der Waals surface area (Å²) in [7, 11) is 0. The van der Waals surface area contributed by atoms with Gasteiger partial charge in [0.25, 0.3) is 0 Å². The van der Waals surface area contributed by atoms with E-state index in [4.69, 9.17) is 5.11 Å². The zero-order valence-corrected chi connectivity index (χ0v) is 8.01. The molecule has 2 unspecified atom stereocenters. The fraction of sp³-hybridized carbons (Fsp3) is 0.375. The Balaban J connectivity index is 2.99. The number of rotatable bonds is 1. The molecule has 0 spiro atoms. The number of hydrogen-bond acceptors (Lipinski definition) is 1. The third-order valence-electron chi connectivity index (χ3n) is 1.89. The zero-order chi connectivity index (χ0) is 9.35. The molecule has 0 saturated heterocycles. The van der Waals surface area contributed by atoms with Gasteiger partial charge >= 0.3 is 5.97 Å². The first-order valence-corrected chi connectivity index (χ1v) is 4.25. The molecule has 0 bridgehead atoms. The fourth-order valence-corrected chi connectivity index (χ4v) is 1.43. The molecule has 2 atom stereocenters. The van der Waals surface area contributed by atoms with Gasteiger partial charge in [0.15, 0.2) is 4.58 Å². The average molecular weight is 235 g/mol. The molecule has 0 aromatic carbocycles. The summed E-state index contributed by atoms with van der Waals surface area (Å²) in [5.41, 5.74) is 0.0804. The second kappa shape index (κ2) is 3.01. The van der Waals surface area contributed by atoms with Crippen molar-refractivity contribution >= 4 is 21.9 Å². The Bertz CT molecular complexity index is 268. The van der Waals surface area contributed by atoms with E-state index >= 15 is 0 Å². The highest BCUT2D eigenvalue weighted by molar-refractivity contribution is 9.10. The number of carboxylic acids is 1. The number of alkyl halides is 2. The van der Waals surface area contributed by atoms with Gasteiger partial charge in [-0.15, -0.1) is 0 Å². The Labute approximate surface area is 77.9 Å². The third-order valence-corrected chi connectivity index (χ3v) is 2.84. The van der Waals surface area contributed by atoms with Crippen molar-refractivity contribution in [1.82, 2.24) is 0 Å². The second-order valence-corrected chi connectivity index (χ2v) is 3.90. The molecule has 4 heteroatoms. The Morgan fingerprint density at radius 2 is 2.42 bits per heavy atom. The van der Waals surface area contributed by atoms with E-state index in [1.54, 1.807) is 0 Å². The maximum atomic E-state index is 13.4. The average Bonchev–Trinajstić information content (AvgIpc) is 1.94. The maximum absolute atomic E-state index is 13.4. The molecule has 0 amide bonds. The topological polar surface area (TPSA) is 37.3 Å². The largest absolute Gasteiger partial charge is 0.478 e. The summed E-state index contributed by atoms with van der Waals surface area (Å²) in [5, 5.41) is 8.65. The predicted octanol–water partition coefficient (Wildman–Crippen LogP) is 2.26. The molecule has 66 valence electrons. The lowest BCUT2D eigenvalue weighted by molar-refractivity contribution is -0.133. The quantitative estimate of drug-likeness (QED) is 0.708. The fourth-order valence-electron chi connectivity index (χ4n) is 1.03. The van der Waals surface area contributed by atoms with Crippen LogP contribution in [0, 0.1) is 5.92 Å². The highest BCUT2D eigenvalue weighted by Gasteiger charge is 2.37. The van der Waals surface area contributed by atoms with Gasteiger partial charge in [0.05, 0.1) is 0 Å². The summed E-state index contributed by atoms with van der Waals surface area (Å²) < 4.78 is 11.7. The van der Waals surface area contributed by atoms with Crippen LogP contribution >= 0.6 is 15.9 Å². The van der Waals surface area contributed by atoms with E-state index in [9.17, 15) is 9.18 Å². The molecular formula is C8H8BrFO2. The highest BCUT2D eigenvalue weighted by Crippen LogP contribution is 2.38. The monoisotopic (exact) mass is 234 g/mol. The van der Waals surface area contributed by atoms with Gasteiger partial charge in [-0.2, -0.15) is 0 Å². The minimum absolute atomic E-state index is 0.0804. The van der Waals surface area contributed by atoms with E-state index in [1.807, 2.05) is 0 Å². The van der Waals surface area contributed by atoms with Crippen molar-refractivity contribution in [3.8, 4) is 0 Å². The summed E-state index contributed by atoms with van der Waals surface area (Å²) in [6, 6.07) is 0. The van der Waals surface area contributed by atoms with Crippen molar-refractivity contribution in [2.45, 2.75) is 11.5 Å². The Morgan fingerprint density at radius 1 is 1.83 bits per heavy atom. The number of allylic oxidation sites excluding steroid dienone is 3. The van der Waals surface area contributed by atoms with Gasteiger partial charge in [-0.3, -0.25) is 0 Å². The molecule has 1 rings (SSSR count). The second-order valence-electron chi connectivity index (χ2n) is 2.68. The van der Waals surface area contributed by atoms with Crippen LogP contribution in [0.4, 0.5) is 4.39 Å². The smallest absolute Gasteiger partial charge is 0.331 e. The lowest BCUT2D eigenvalue weighted by Gasteiger charge is -2.25. The molecule has 0 aromatic rings. The molecule has 1 N–H and O–H groups in total. The van der Waals surface area contributed by atoms with Crippen LogP contribution in [0.3, 0.4) is 0 Å². The number of carboxylic acid groups (broad SMARTS) is 1. The van der Waals surface area contributed by atoms with Crippen LogP contribution in [-0.2, 0) is 4.79 Å². The molecule has 0 fully saturated rings. The summed E-state index contributed by atoms with van der Waals surface area (Å²) in [5.74, 6) is -1.74.